The predicted octanol–water partition coefficient (Wildman–Crippen LogP) is 0.814. The highest BCUT2D eigenvalue weighted by Crippen LogP contribution is 2.05. The molecular formula is C12H22N4O. The lowest BCUT2D eigenvalue weighted by molar-refractivity contribution is -0.121. The number of carbonyl (C=O) groups is 1. The average Bonchev–Trinajstić information content (AvgIpc) is 2.63. The molecule has 1 rings (SSSR count). The monoisotopic (exact) mass is 238 g/mol. The first-order chi connectivity index (χ1) is 7.93. The lowest BCUT2D eigenvalue weighted by atomic mass is 10.0. The third-order valence-corrected chi connectivity index (χ3v) is 2.73. The second kappa shape index (κ2) is 5.82. The van der Waals surface area contributed by atoms with Gasteiger partial charge in [0.05, 0.1) is 12.7 Å². The molecule has 0 radical (unpaired) electrons. The van der Waals surface area contributed by atoms with E-state index >= 15 is 0 Å². The van der Waals surface area contributed by atoms with Crippen LogP contribution in [-0.4, -0.2) is 27.8 Å². The first-order valence-corrected chi connectivity index (χ1v) is 5.92. The van der Waals surface area contributed by atoms with Gasteiger partial charge >= 0.3 is 0 Å². The first-order valence-electron chi connectivity index (χ1n) is 5.92. The van der Waals surface area contributed by atoms with Crippen molar-refractivity contribution in [2.75, 3.05) is 6.54 Å². The van der Waals surface area contributed by atoms with Gasteiger partial charge in [-0.1, -0.05) is 6.92 Å². The maximum Gasteiger partial charge on any atom is 0.234 e. The molecular weight excluding hydrogens is 216 g/mol. The molecule has 0 aliphatic carbocycles. The van der Waals surface area contributed by atoms with Crippen molar-refractivity contribution in [3.8, 4) is 0 Å². The fourth-order valence-corrected chi connectivity index (χ4v) is 1.39. The van der Waals surface area contributed by atoms with E-state index in [1.807, 2.05) is 27.1 Å². The summed E-state index contributed by atoms with van der Waals surface area (Å²) in [4.78, 5) is 11.6. The fourth-order valence-electron chi connectivity index (χ4n) is 1.39. The Morgan fingerprint density at radius 1 is 1.53 bits per heavy atom. The van der Waals surface area contributed by atoms with Gasteiger partial charge in [0, 0.05) is 30.9 Å². The number of aromatic nitrogens is 2. The molecule has 0 aromatic carbocycles. The molecule has 0 atom stereocenters. The topological polar surface area (TPSA) is 59.0 Å². The minimum Gasteiger partial charge on any atom is -0.350 e. The molecule has 1 amide bonds. The Hall–Kier alpha value is -1.36. The van der Waals surface area contributed by atoms with Crippen LogP contribution in [0.25, 0.3) is 0 Å². The molecule has 0 aliphatic rings. The highest BCUT2D eigenvalue weighted by atomic mass is 16.2. The molecule has 0 saturated carbocycles. The largest absolute Gasteiger partial charge is 0.350 e. The molecule has 0 bridgehead atoms. The van der Waals surface area contributed by atoms with Crippen LogP contribution < -0.4 is 10.6 Å². The third kappa shape index (κ3) is 4.99. The maximum absolute atomic E-state index is 11.6. The van der Waals surface area contributed by atoms with Crippen LogP contribution in [0.15, 0.2) is 12.4 Å². The van der Waals surface area contributed by atoms with E-state index in [1.54, 1.807) is 10.9 Å². The Morgan fingerprint density at radius 2 is 2.24 bits per heavy atom. The molecule has 0 unspecified atom stereocenters. The second-order valence-corrected chi connectivity index (χ2v) is 4.91. The van der Waals surface area contributed by atoms with Crippen LogP contribution in [0.4, 0.5) is 0 Å². The van der Waals surface area contributed by atoms with Crippen molar-refractivity contribution in [1.29, 1.82) is 0 Å². The zero-order chi connectivity index (χ0) is 12.9. The minimum absolute atomic E-state index is 0.0285. The van der Waals surface area contributed by atoms with Crippen LogP contribution in [0.3, 0.4) is 0 Å². The van der Waals surface area contributed by atoms with E-state index in [4.69, 9.17) is 0 Å². The molecule has 0 spiro atoms. The number of hydrogen-bond acceptors (Lipinski definition) is 3. The standard InChI is InChI=1S/C12H22N4O/c1-5-12(2,3)15-11(17)8-13-6-10-7-14-16(4)9-10/h7,9,13H,5-6,8H2,1-4H3,(H,15,17). The van der Waals surface area contributed by atoms with Crippen LogP contribution in [-0.2, 0) is 18.4 Å². The molecule has 5 heteroatoms. The van der Waals surface area contributed by atoms with Gasteiger partial charge in [0.25, 0.3) is 0 Å². The van der Waals surface area contributed by atoms with Crippen molar-refractivity contribution in [2.24, 2.45) is 7.05 Å². The summed E-state index contributed by atoms with van der Waals surface area (Å²) < 4.78 is 1.75. The van der Waals surface area contributed by atoms with Gasteiger partial charge in [-0.05, 0) is 20.3 Å². The second-order valence-electron chi connectivity index (χ2n) is 4.91. The predicted molar refractivity (Wildman–Crippen MR) is 67.4 cm³/mol. The average molecular weight is 238 g/mol. The Morgan fingerprint density at radius 3 is 2.76 bits per heavy atom. The number of nitrogens with zero attached hydrogens (tertiary/aromatic N) is 2. The van der Waals surface area contributed by atoms with Crippen LogP contribution in [0.5, 0.6) is 0 Å². The summed E-state index contributed by atoms with van der Waals surface area (Å²) >= 11 is 0. The number of aryl methyl sites for hydroxylation is 1. The normalized spacial score (nSPS) is 11.5. The van der Waals surface area contributed by atoms with Crippen molar-refractivity contribution >= 4 is 5.91 Å². The first kappa shape index (κ1) is 13.7. The Balaban J connectivity index is 2.25. The van der Waals surface area contributed by atoms with Crippen molar-refractivity contribution in [1.82, 2.24) is 20.4 Å². The van der Waals surface area contributed by atoms with Gasteiger partial charge in [0.2, 0.25) is 5.91 Å². The molecule has 0 fully saturated rings. The minimum atomic E-state index is -0.132. The molecule has 17 heavy (non-hydrogen) atoms. The zero-order valence-electron chi connectivity index (χ0n) is 11.1. The SMILES string of the molecule is CCC(C)(C)NC(=O)CNCc1cnn(C)c1. The molecule has 1 aromatic heterocycles. The van der Waals surface area contributed by atoms with E-state index in [2.05, 4.69) is 22.7 Å². The van der Waals surface area contributed by atoms with E-state index in [1.165, 1.54) is 0 Å². The molecule has 0 aliphatic heterocycles. The van der Waals surface area contributed by atoms with Crippen molar-refractivity contribution in [3.05, 3.63) is 18.0 Å². The number of amides is 1. The van der Waals surface area contributed by atoms with Gasteiger partial charge in [-0.15, -0.1) is 0 Å². The number of nitrogens with one attached hydrogen (secondary N) is 2. The number of hydrogen-bond donors (Lipinski definition) is 2. The maximum atomic E-state index is 11.6. The summed E-state index contributed by atoms with van der Waals surface area (Å²) in [6.45, 7) is 7.09. The van der Waals surface area contributed by atoms with E-state index in [0.29, 0.717) is 13.1 Å². The highest BCUT2D eigenvalue weighted by Gasteiger charge is 2.16. The van der Waals surface area contributed by atoms with Crippen LogP contribution in [0, 0.1) is 0 Å². The van der Waals surface area contributed by atoms with E-state index in [9.17, 15) is 4.79 Å². The van der Waals surface area contributed by atoms with Crippen LogP contribution in [0.2, 0.25) is 0 Å². The Labute approximate surface area is 103 Å². The molecule has 0 saturated heterocycles. The zero-order valence-corrected chi connectivity index (χ0v) is 11.1. The van der Waals surface area contributed by atoms with Gasteiger partial charge in [-0.2, -0.15) is 5.10 Å². The fraction of sp³-hybridized carbons (Fsp3) is 0.667. The van der Waals surface area contributed by atoms with Crippen molar-refractivity contribution < 1.29 is 4.79 Å². The van der Waals surface area contributed by atoms with E-state index in [0.717, 1.165) is 12.0 Å². The molecule has 1 aromatic rings. The number of rotatable bonds is 6. The van der Waals surface area contributed by atoms with Gasteiger partial charge in [-0.25, -0.2) is 0 Å². The third-order valence-electron chi connectivity index (χ3n) is 2.73. The van der Waals surface area contributed by atoms with Crippen LogP contribution in [0.1, 0.15) is 32.8 Å². The van der Waals surface area contributed by atoms with Crippen LogP contribution >= 0.6 is 0 Å². The summed E-state index contributed by atoms with van der Waals surface area (Å²) in [6, 6.07) is 0. The van der Waals surface area contributed by atoms with Gasteiger partial charge in [0.1, 0.15) is 0 Å². The van der Waals surface area contributed by atoms with E-state index < -0.39 is 0 Å². The van der Waals surface area contributed by atoms with E-state index in [-0.39, 0.29) is 11.4 Å². The summed E-state index contributed by atoms with van der Waals surface area (Å²) in [5.41, 5.74) is 0.947. The van der Waals surface area contributed by atoms with Crippen molar-refractivity contribution in [3.63, 3.8) is 0 Å². The molecule has 5 nitrogen and oxygen atoms in total. The quantitative estimate of drug-likeness (QED) is 0.771. The lowest BCUT2D eigenvalue weighted by Crippen LogP contribution is -2.46. The van der Waals surface area contributed by atoms with Gasteiger partial charge < -0.3 is 10.6 Å². The molecule has 1 heterocycles. The Kier molecular flexibility index (Phi) is 4.69. The van der Waals surface area contributed by atoms with Crippen molar-refractivity contribution in [2.45, 2.75) is 39.3 Å². The summed E-state index contributed by atoms with van der Waals surface area (Å²) in [5.74, 6) is 0.0285. The molecule has 96 valence electrons. The smallest absolute Gasteiger partial charge is 0.234 e. The van der Waals surface area contributed by atoms with Gasteiger partial charge in [-0.3, -0.25) is 9.48 Å². The molecule has 2 N–H and O–H groups in total. The summed E-state index contributed by atoms with van der Waals surface area (Å²) in [6.07, 6.45) is 4.64. The summed E-state index contributed by atoms with van der Waals surface area (Å²) in [5, 5.41) is 10.1. The highest BCUT2D eigenvalue weighted by molar-refractivity contribution is 5.78. The lowest BCUT2D eigenvalue weighted by Gasteiger charge is -2.24. The summed E-state index contributed by atoms with van der Waals surface area (Å²) in [7, 11) is 1.87. The Bertz CT molecular complexity index is 370. The van der Waals surface area contributed by atoms with Gasteiger partial charge in [0.15, 0.2) is 0 Å². The number of carbonyl (C=O) groups excluding carboxylic acids is 1.